The number of aromatic nitrogens is 2. The summed E-state index contributed by atoms with van der Waals surface area (Å²) in [5, 5.41) is 4.38. The van der Waals surface area contributed by atoms with Gasteiger partial charge in [-0.2, -0.15) is 5.10 Å². The summed E-state index contributed by atoms with van der Waals surface area (Å²) >= 11 is 0. The number of nitrogens with two attached hydrogens (primary N) is 1. The van der Waals surface area contributed by atoms with Crippen LogP contribution in [0.3, 0.4) is 0 Å². The second-order valence-electron chi connectivity index (χ2n) is 4.96. The van der Waals surface area contributed by atoms with E-state index < -0.39 is 0 Å². The molecule has 2 aromatic rings. The van der Waals surface area contributed by atoms with Gasteiger partial charge in [-0.15, -0.1) is 0 Å². The van der Waals surface area contributed by atoms with Crippen LogP contribution in [0.2, 0.25) is 0 Å². The Kier molecular flexibility index (Phi) is 2.48. The molecule has 2 N–H and O–H groups in total. The van der Waals surface area contributed by atoms with Gasteiger partial charge in [0.15, 0.2) is 0 Å². The van der Waals surface area contributed by atoms with Gasteiger partial charge in [-0.25, -0.2) is 4.68 Å². The normalized spacial score (nSPS) is 24.6. The lowest BCUT2D eigenvalue weighted by atomic mass is 10.1. The summed E-state index contributed by atoms with van der Waals surface area (Å²) in [6.07, 6.45) is 5.19. The summed E-state index contributed by atoms with van der Waals surface area (Å²) < 4.78 is 1.89. The molecule has 1 aliphatic carbocycles. The van der Waals surface area contributed by atoms with Crippen molar-refractivity contribution in [3.05, 3.63) is 48.3 Å². The molecule has 0 spiro atoms. The average Bonchev–Trinajstić information content (AvgIpc) is 2.92. The molecule has 0 saturated heterocycles. The first-order chi connectivity index (χ1) is 8.25. The van der Waals surface area contributed by atoms with E-state index in [0.29, 0.717) is 5.92 Å². The largest absolute Gasteiger partial charge is 0.324 e. The summed E-state index contributed by atoms with van der Waals surface area (Å²) in [6.45, 7) is 2.26. The maximum atomic E-state index is 6.23. The number of hydrogen-bond donors (Lipinski definition) is 1. The number of rotatable bonds is 3. The van der Waals surface area contributed by atoms with Crippen molar-refractivity contribution >= 4 is 0 Å². The molecular formula is C14H17N3. The zero-order chi connectivity index (χ0) is 11.8. The van der Waals surface area contributed by atoms with Crippen molar-refractivity contribution in [2.24, 2.45) is 17.6 Å². The topological polar surface area (TPSA) is 43.8 Å². The zero-order valence-corrected chi connectivity index (χ0v) is 9.95. The van der Waals surface area contributed by atoms with Crippen LogP contribution in [0.25, 0.3) is 5.69 Å². The maximum Gasteiger partial charge on any atom is 0.0645 e. The second kappa shape index (κ2) is 4.00. The molecule has 88 valence electrons. The van der Waals surface area contributed by atoms with Crippen LogP contribution in [-0.2, 0) is 0 Å². The number of nitrogens with zero attached hydrogens (tertiary/aromatic N) is 2. The van der Waals surface area contributed by atoms with E-state index in [9.17, 15) is 0 Å². The molecule has 3 nitrogen and oxygen atoms in total. The van der Waals surface area contributed by atoms with Gasteiger partial charge in [0.05, 0.1) is 11.9 Å². The molecule has 1 fully saturated rings. The van der Waals surface area contributed by atoms with Crippen LogP contribution in [0.1, 0.15) is 24.9 Å². The van der Waals surface area contributed by atoms with E-state index in [1.165, 1.54) is 6.42 Å². The van der Waals surface area contributed by atoms with Gasteiger partial charge < -0.3 is 5.73 Å². The second-order valence-corrected chi connectivity index (χ2v) is 4.96. The van der Waals surface area contributed by atoms with Crippen molar-refractivity contribution in [1.29, 1.82) is 0 Å². The Morgan fingerprint density at radius 1 is 1.35 bits per heavy atom. The highest BCUT2D eigenvalue weighted by atomic mass is 15.3. The molecule has 0 amide bonds. The molecule has 1 aliphatic rings. The molecule has 1 heterocycles. The standard InChI is InChI=1S/C14H17N3/c1-10-7-13(10)14(15)11-8-16-17(9-11)12-5-3-2-4-6-12/h2-6,8-10,13-14H,7,15H2,1H3. The first-order valence-corrected chi connectivity index (χ1v) is 6.11. The van der Waals surface area contributed by atoms with Gasteiger partial charge in [0.25, 0.3) is 0 Å². The van der Waals surface area contributed by atoms with Gasteiger partial charge in [-0.1, -0.05) is 25.1 Å². The summed E-state index contributed by atoms with van der Waals surface area (Å²) in [7, 11) is 0. The predicted molar refractivity (Wildman–Crippen MR) is 67.8 cm³/mol. The smallest absolute Gasteiger partial charge is 0.0645 e. The van der Waals surface area contributed by atoms with Crippen LogP contribution in [0.5, 0.6) is 0 Å². The molecule has 1 aromatic heterocycles. The lowest BCUT2D eigenvalue weighted by molar-refractivity contribution is 0.593. The Hall–Kier alpha value is -1.61. The number of benzene rings is 1. The van der Waals surface area contributed by atoms with Gasteiger partial charge in [-0.3, -0.25) is 0 Å². The molecule has 17 heavy (non-hydrogen) atoms. The highest BCUT2D eigenvalue weighted by molar-refractivity contribution is 5.31. The van der Waals surface area contributed by atoms with E-state index in [1.807, 2.05) is 47.4 Å². The highest BCUT2D eigenvalue weighted by Gasteiger charge is 2.38. The van der Waals surface area contributed by atoms with E-state index in [1.54, 1.807) is 0 Å². The third-order valence-electron chi connectivity index (χ3n) is 3.64. The fourth-order valence-electron chi connectivity index (χ4n) is 2.33. The Morgan fingerprint density at radius 2 is 2.06 bits per heavy atom. The predicted octanol–water partition coefficient (Wildman–Crippen LogP) is 2.53. The first kappa shape index (κ1) is 10.5. The average molecular weight is 227 g/mol. The van der Waals surface area contributed by atoms with Crippen LogP contribution in [0, 0.1) is 11.8 Å². The van der Waals surface area contributed by atoms with Crippen LogP contribution < -0.4 is 5.73 Å². The summed E-state index contributed by atoms with van der Waals surface area (Å²) in [4.78, 5) is 0. The highest BCUT2D eigenvalue weighted by Crippen LogP contribution is 2.45. The Labute approximate surface area is 101 Å². The quantitative estimate of drug-likeness (QED) is 0.875. The third-order valence-corrected chi connectivity index (χ3v) is 3.64. The van der Waals surface area contributed by atoms with Gasteiger partial charge in [0, 0.05) is 17.8 Å². The minimum Gasteiger partial charge on any atom is -0.324 e. The molecule has 3 rings (SSSR count). The van der Waals surface area contributed by atoms with Crippen molar-refractivity contribution in [2.45, 2.75) is 19.4 Å². The molecule has 3 unspecified atom stereocenters. The Morgan fingerprint density at radius 3 is 2.71 bits per heavy atom. The van der Waals surface area contributed by atoms with Crippen LogP contribution in [0.15, 0.2) is 42.7 Å². The Balaban J connectivity index is 1.83. The van der Waals surface area contributed by atoms with Crippen molar-refractivity contribution in [3.63, 3.8) is 0 Å². The van der Waals surface area contributed by atoms with E-state index >= 15 is 0 Å². The van der Waals surface area contributed by atoms with E-state index in [4.69, 9.17) is 5.73 Å². The van der Waals surface area contributed by atoms with Gasteiger partial charge in [-0.05, 0) is 30.4 Å². The van der Waals surface area contributed by atoms with Crippen LogP contribution in [-0.4, -0.2) is 9.78 Å². The molecule has 0 bridgehead atoms. The fourth-order valence-corrected chi connectivity index (χ4v) is 2.33. The lowest BCUT2D eigenvalue weighted by Gasteiger charge is -2.07. The molecule has 1 aromatic carbocycles. The van der Waals surface area contributed by atoms with Crippen molar-refractivity contribution in [3.8, 4) is 5.69 Å². The van der Waals surface area contributed by atoms with E-state index in [-0.39, 0.29) is 6.04 Å². The monoisotopic (exact) mass is 227 g/mol. The van der Waals surface area contributed by atoms with Crippen molar-refractivity contribution < 1.29 is 0 Å². The summed E-state index contributed by atoms with van der Waals surface area (Å²) in [5.41, 5.74) is 8.45. The lowest BCUT2D eigenvalue weighted by Crippen LogP contribution is -2.12. The Bertz CT molecular complexity index is 503. The molecular weight excluding hydrogens is 210 g/mol. The number of hydrogen-bond acceptors (Lipinski definition) is 2. The van der Waals surface area contributed by atoms with Gasteiger partial charge in [0.2, 0.25) is 0 Å². The van der Waals surface area contributed by atoms with Crippen LogP contribution in [0.4, 0.5) is 0 Å². The molecule has 0 aliphatic heterocycles. The first-order valence-electron chi connectivity index (χ1n) is 6.11. The minimum atomic E-state index is 0.141. The third kappa shape index (κ3) is 1.98. The van der Waals surface area contributed by atoms with Crippen molar-refractivity contribution in [2.75, 3.05) is 0 Å². The zero-order valence-electron chi connectivity index (χ0n) is 9.95. The van der Waals surface area contributed by atoms with E-state index in [2.05, 4.69) is 12.0 Å². The molecule has 3 atom stereocenters. The van der Waals surface area contributed by atoms with Gasteiger partial charge >= 0.3 is 0 Å². The molecule has 1 saturated carbocycles. The molecule has 0 radical (unpaired) electrons. The fraction of sp³-hybridized carbons (Fsp3) is 0.357. The summed E-state index contributed by atoms with van der Waals surface area (Å²) in [5.74, 6) is 1.41. The van der Waals surface area contributed by atoms with Crippen molar-refractivity contribution in [1.82, 2.24) is 9.78 Å². The number of para-hydroxylation sites is 1. The maximum absolute atomic E-state index is 6.23. The summed E-state index contributed by atoms with van der Waals surface area (Å²) in [6, 6.07) is 10.3. The van der Waals surface area contributed by atoms with Crippen LogP contribution >= 0.6 is 0 Å². The van der Waals surface area contributed by atoms with E-state index in [0.717, 1.165) is 17.2 Å². The minimum absolute atomic E-state index is 0.141. The van der Waals surface area contributed by atoms with Gasteiger partial charge in [0.1, 0.15) is 0 Å². The molecule has 3 heteroatoms. The SMILES string of the molecule is CC1CC1C(N)c1cnn(-c2ccccc2)c1.